The van der Waals surface area contributed by atoms with Crippen molar-refractivity contribution in [1.82, 2.24) is 10.2 Å². The Morgan fingerprint density at radius 1 is 1.08 bits per heavy atom. The fourth-order valence-corrected chi connectivity index (χ4v) is 3.60. The van der Waals surface area contributed by atoms with Crippen LogP contribution >= 0.6 is 36.4 Å². The van der Waals surface area contributed by atoms with Gasteiger partial charge in [-0.1, -0.05) is 38.4 Å². The molecule has 1 N–H and O–H groups in total. The number of ether oxygens (including phenoxy) is 2. The van der Waals surface area contributed by atoms with E-state index in [1.54, 1.807) is 14.2 Å². The summed E-state index contributed by atoms with van der Waals surface area (Å²) in [4.78, 5) is 2.50. The fraction of sp³-hybridized carbons (Fsp3) is 0.647. The molecule has 0 aromatic heterocycles. The second kappa shape index (κ2) is 9.93. The third-order valence-corrected chi connectivity index (χ3v) is 4.54. The first-order valence-electron chi connectivity index (χ1n) is 7.75. The third-order valence-electron chi connectivity index (χ3n) is 4.15. The van der Waals surface area contributed by atoms with Crippen molar-refractivity contribution in [2.75, 3.05) is 40.4 Å². The first kappa shape index (κ1) is 23.6. The quantitative estimate of drug-likeness (QED) is 0.823. The average molecular weight is 400 g/mol. The Balaban J connectivity index is 0.00000264. The maximum Gasteiger partial charge on any atom is 0.179 e. The van der Waals surface area contributed by atoms with Crippen LogP contribution in [0.2, 0.25) is 5.02 Å². The summed E-state index contributed by atoms with van der Waals surface area (Å²) in [5.41, 5.74) is 1.18. The highest BCUT2D eigenvalue weighted by molar-refractivity contribution is 6.33. The minimum Gasteiger partial charge on any atom is -0.493 e. The second-order valence-electron chi connectivity index (χ2n) is 6.76. The highest BCUT2D eigenvalue weighted by atomic mass is 35.5. The molecule has 2 rings (SSSR count). The van der Waals surface area contributed by atoms with Crippen LogP contribution in [-0.4, -0.2) is 45.3 Å². The van der Waals surface area contributed by atoms with E-state index in [1.165, 1.54) is 0 Å². The highest BCUT2D eigenvalue weighted by Gasteiger charge is 2.35. The number of hydrogen-bond acceptors (Lipinski definition) is 4. The van der Waals surface area contributed by atoms with Crippen LogP contribution in [0.1, 0.15) is 32.4 Å². The topological polar surface area (TPSA) is 33.7 Å². The standard InChI is InChI=1S/C17H27ClN2O2.2ClH/c1-17(2,3)16(20-10-8-19-9-11-20)12-6-7-13(21-4)15(22-5)14(12)18;;/h6-7,16,19H,8-11H2,1-5H3;2*1H/t16-;;/m1../s1. The van der Waals surface area contributed by atoms with Crippen LogP contribution < -0.4 is 14.8 Å². The number of rotatable bonds is 4. The molecule has 0 aliphatic carbocycles. The van der Waals surface area contributed by atoms with Crippen LogP contribution in [0, 0.1) is 5.41 Å². The summed E-state index contributed by atoms with van der Waals surface area (Å²) in [6.07, 6.45) is 0. The van der Waals surface area contributed by atoms with E-state index in [2.05, 4.69) is 37.1 Å². The molecule has 0 saturated carbocycles. The van der Waals surface area contributed by atoms with Crippen molar-refractivity contribution < 1.29 is 9.47 Å². The van der Waals surface area contributed by atoms with E-state index in [9.17, 15) is 0 Å². The van der Waals surface area contributed by atoms with Gasteiger partial charge in [0.05, 0.1) is 19.2 Å². The molecule has 1 aliphatic heterocycles. The zero-order valence-corrected chi connectivity index (χ0v) is 17.4. The van der Waals surface area contributed by atoms with Gasteiger partial charge in [-0.25, -0.2) is 0 Å². The number of methoxy groups -OCH3 is 2. The number of piperazine rings is 1. The van der Waals surface area contributed by atoms with Crippen molar-refractivity contribution in [1.29, 1.82) is 0 Å². The second-order valence-corrected chi connectivity index (χ2v) is 7.14. The molecular formula is C17H29Cl3N2O2. The minimum absolute atomic E-state index is 0. The summed E-state index contributed by atoms with van der Waals surface area (Å²) < 4.78 is 10.8. The molecule has 0 radical (unpaired) electrons. The molecule has 1 saturated heterocycles. The molecule has 1 fully saturated rings. The Morgan fingerprint density at radius 2 is 1.67 bits per heavy atom. The van der Waals surface area contributed by atoms with Crippen LogP contribution in [0.3, 0.4) is 0 Å². The normalized spacial score (nSPS) is 16.6. The maximum absolute atomic E-state index is 6.67. The van der Waals surface area contributed by atoms with Gasteiger partial charge >= 0.3 is 0 Å². The molecule has 0 spiro atoms. The molecule has 7 heteroatoms. The first-order chi connectivity index (χ1) is 10.4. The molecule has 1 aromatic rings. The minimum atomic E-state index is 0. The molecular weight excluding hydrogens is 371 g/mol. The van der Waals surface area contributed by atoms with E-state index >= 15 is 0 Å². The van der Waals surface area contributed by atoms with E-state index in [1.807, 2.05) is 6.07 Å². The lowest BCUT2D eigenvalue weighted by atomic mass is 9.80. The van der Waals surface area contributed by atoms with Crippen LogP contribution in [0.15, 0.2) is 12.1 Å². The van der Waals surface area contributed by atoms with E-state index in [0.29, 0.717) is 16.5 Å². The van der Waals surface area contributed by atoms with Crippen molar-refractivity contribution in [2.45, 2.75) is 26.8 Å². The van der Waals surface area contributed by atoms with E-state index in [-0.39, 0.29) is 36.3 Å². The van der Waals surface area contributed by atoms with Crippen LogP contribution in [-0.2, 0) is 0 Å². The van der Waals surface area contributed by atoms with E-state index in [0.717, 1.165) is 31.7 Å². The number of hydrogen-bond donors (Lipinski definition) is 1. The van der Waals surface area contributed by atoms with Gasteiger partial charge in [0, 0.05) is 32.2 Å². The Bertz CT molecular complexity index is 515. The van der Waals surface area contributed by atoms with Crippen LogP contribution in [0.4, 0.5) is 0 Å². The van der Waals surface area contributed by atoms with Crippen LogP contribution in [0.25, 0.3) is 0 Å². The summed E-state index contributed by atoms with van der Waals surface area (Å²) in [5, 5.41) is 4.06. The summed E-state index contributed by atoms with van der Waals surface area (Å²) in [5.74, 6) is 1.29. The number of halogens is 3. The molecule has 0 amide bonds. The van der Waals surface area contributed by atoms with Gasteiger partial charge in [-0.2, -0.15) is 0 Å². The smallest absolute Gasteiger partial charge is 0.179 e. The lowest BCUT2D eigenvalue weighted by Crippen LogP contribution is -2.48. The lowest BCUT2D eigenvalue weighted by Gasteiger charge is -2.43. The number of nitrogens with zero attached hydrogens (tertiary/aromatic N) is 1. The molecule has 1 aliphatic rings. The molecule has 0 bridgehead atoms. The van der Waals surface area contributed by atoms with Gasteiger partial charge in [0.15, 0.2) is 11.5 Å². The highest BCUT2D eigenvalue weighted by Crippen LogP contribution is 2.46. The van der Waals surface area contributed by atoms with Crippen molar-refractivity contribution in [3.05, 3.63) is 22.7 Å². The molecule has 1 atom stereocenters. The van der Waals surface area contributed by atoms with Gasteiger partial charge in [-0.05, 0) is 17.0 Å². The fourth-order valence-electron chi connectivity index (χ4n) is 3.27. The van der Waals surface area contributed by atoms with Gasteiger partial charge < -0.3 is 14.8 Å². The monoisotopic (exact) mass is 398 g/mol. The summed E-state index contributed by atoms with van der Waals surface area (Å²) in [6, 6.07) is 4.25. The van der Waals surface area contributed by atoms with E-state index < -0.39 is 0 Å². The van der Waals surface area contributed by atoms with Gasteiger partial charge in [0.25, 0.3) is 0 Å². The Hall–Kier alpha value is -0.390. The van der Waals surface area contributed by atoms with Crippen molar-refractivity contribution in [3.63, 3.8) is 0 Å². The average Bonchev–Trinajstić information content (AvgIpc) is 2.48. The predicted octanol–water partition coefficient (Wildman–Crippen LogP) is 4.19. The molecule has 1 heterocycles. The number of nitrogens with one attached hydrogen (secondary N) is 1. The third kappa shape index (κ3) is 5.06. The summed E-state index contributed by atoms with van der Waals surface area (Å²) in [7, 11) is 3.26. The lowest BCUT2D eigenvalue weighted by molar-refractivity contribution is 0.0861. The zero-order chi connectivity index (χ0) is 16.3. The Kier molecular flexibility index (Phi) is 9.77. The van der Waals surface area contributed by atoms with Gasteiger partial charge in [0.2, 0.25) is 0 Å². The van der Waals surface area contributed by atoms with Gasteiger partial charge in [0.1, 0.15) is 0 Å². The Labute approximate surface area is 163 Å². The Morgan fingerprint density at radius 3 is 2.12 bits per heavy atom. The zero-order valence-electron chi connectivity index (χ0n) is 15.0. The summed E-state index contributed by atoms with van der Waals surface area (Å²) >= 11 is 6.67. The van der Waals surface area contributed by atoms with Crippen LogP contribution in [0.5, 0.6) is 11.5 Å². The summed E-state index contributed by atoms with van der Waals surface area (Å²) in [6.45, 7) is 10.8. The molecule has 140 valence electrons. The van der Waals surface area contributed by atoms with Crippen molar-refractivity contribution >= 4 is 36.4 Å². The molecule has 0 unspecified atom stereocenters. The maximum atomic E-state index is 6.67. The molecule has 1 aromatic carbocycles. The number of benzene rings is 1. The SMILES string of the molecule is COc1ccc([C@@H](N2CCNCC2)C(C)(C)C)c(Cl)c1OC.Cl.Cl. The predicted molar refractivity (Wildman–Crippen MR) is 106 cm³/mol. The van der Waals surface area contributed by atoms with Crippen molar-refractivity contribution in [3.8, 4) is 11.5 Å². The first-order valence-corrected chi connectivity index (χ1v) is 8.13. The largest absolute Gasteiger partial charge is 0.493 e. The van der Waals surface area contributed by atoms with Gasteiger partial charge in [-0.3, -0.25) is 4.90 Å². The molecule has 4 nitrogen and oxygen atoms in total. The van der Waals surface area contributed by atoms with Gasteiger partial charge in [-0.15, -0.1) is 24.8 Å². The van der Waals surface area contributed by atoms with Crippen molar-refractivity contribution in [2.24, 2.45) is 5.41 Å². The molecule has 24 heavy (non-hydrogen) atoms. The van der Waals surface area contributed by atoms with E-state index in [4.69, 9.17) is 21.1 Å².